The van der Waals surface area contributed by atoms with E-state index in [2.05, 4.69) is 17.7 Å². The molecule has 2 saturated heterocycles. The summed E-state index contributed by atoms with van der Waals surface area (Å²) in [5.41, 5.74) is 0. The molecule has 3 radical (unpaired) electrons. The molecule has 0 aliphatic carbocycles. The molecule has 20 heteroatoms. The second kappa shape index (κ2) is 13.4. The van der Waals surface area contributed by atoms with Crippen molar-refractivity contribution in [3.63, 3.8) is 0 Å². The molecule has 0 aromatic heterocycles. The van der Waals surface area contributed by atoms with E-state index in [0.29, 0.717) is 0 Å². The Morgan fingerprint density at radius 2 is 1.26 bits per heavy atom. The van der Waals surface area contributed by atoms with Crippen LogP contribution in [0.3, 0.4) is 0 Å². The number of hydrogen-bond donors (Lipinski definition) is 0. The summed E-state index contributed by atoms with van der Waals surface area (Å²) in [6.07, 6.45) is -0.120. The molecule has 0 aromatic carbocycles. The Bertz CT molecular complexity index is 909. The van der Waals surface area contributed by atoms with Crippen LogP contribution < -0.4 is 19.6 Å². The minimum absolute atomic E-state index is 0. The Balaban J connectivity index is 0.00000612. The van der Waals surface area contributed by atoms with Crippen LogP contribution in [-0.4, -0.2) is 51.3 Å². The molecule has 2 rings (SSSR count). The Morgan fingerprint density at radius 1 is 0.800 bits per heavy atom. The fourth-order valence-electron chi connectivity index (χ4n) is 3.41. The minimum Gasteiger partial charge on any atom is -0.778 e. The van der Waals surface area contributed by atoms with Gasteiger partial charge in [-0.2, -0.15) is 0 Å². The zero-order chi connectivity index (χ0) is 26.1. The zero-order valence-corrected chi connectivity index (χ0v) is 25.8. The molecule has 14 nitrogen and oxygen atoms in total. The van der Waals surface area contributed by atoms with Gasteiger partial charge in [0.1, 0.15) is 0 Å². The van der Waals surface area contributed by atoms with Gasteiger partial charge in [-0.25, -0.2) is 0 Å². The number of hydrogen-bond acceptors (Lipinski definition) is 14. The summed E-state index contributed by atoms with van der Waals surface area (Å²) in [6, 6.07) is -0.773. The Morgan fingerprint density at radius 3 is 1.63 bits per heavy atom. The number of ether oxygens (including phenoxy) is 2. The second-order valence-corrected chi connectivity index (χ2v) is 15.5. The average Bonchev–Trinajstić information content (AvgIpc) is 3.07. The van der Waals surface area contributed by atoms with E-state index in [-0.39, 0.29) is 56.6 Å². The SMILES string of the molecule is [B][C@H]1[CH-]C(C)[C@@H](COP(=O)([O-])OP(=O)([O-])CP(=O)([O-])OP(=O)([O-])OC[C@H]2O[C@@H](C)[C@@H](C)C2C)O1.[Y]. The van der Waals surface area contributed by atoms with Crippen LogP contribution in [0.2, 0.25) is 0 Å². The third-order valence-electron chi connectivity index (χ3n) is 5.55. The van der Waals surface area contributed by atoms with E-state index in [0.717, 1.165) is 0 Å². The molecule has 0 spiro atoms. The maximum Gasteiger partial charge on any atom is 0.272 e. The number of rotatable bonds is 12. The van der Waals surface area contributed by atoms with Crippen molar-refractivity contribution < 1.29 is 97.7 Å². The first-order valence-corrected chi connectivity index (χ1v) is 16.5. The van der Waals surface area contributed by atoms with Gasteiger partial charge in [0.25, 0.3) is 15.6 Å². The van der Waals surface area contributed by atoms with Gasteiger partial charge >= 0.3 is 0 Å². The van der Waals surface area contributed by atoms with Crippen LogP contribution in [0.1, 0.15) is 27.7 Å². The van der Waals surface area contributed by atoms with E-state index >= 15 is 0 Å². The molecule has 2 aliphatic heterocycles. The fraction of sp³-hybridized carbons (Fsp3) is 0.933. The van der Waals surface area contributed by atoms with Gasteiger partial charge in [0.2, 0.25) is 0 Å². The van der Waals surface area contributed by atoms with Crippen molar-refractivity contribution in [2.75, 3.05) is 19.1 Å². The van der Waals surface area contributed by atoms with E-state index in [9.17, 15) is 37.8 Å². The quantitative estimate of drug-likeness (QED) is 0.152. The van der Waals surface area contributed by atoms with Crippen LogP contribution in [0, 0.1) is 24.2 Å². The van der Waals surface area contributed by atoms with Crippen LogP contribution in [0.4, 0.5) is 0 Å². The third-order valence-corrected chi connectivity index (χ3v) is 12.8. The van der Waals surface area contributed by atoms with Crippen molar-refractivity contribution in [3.8, 4) is 0 Å². The Hall–Kier alpha value is 1.69. The monoisotopic (exact) mass is 654 g/mol. The molecule has 35 heavy (non-hydrogen) atoms. The van der Waals surface area contributed by atoms with Gasteiger partial charge in [-0.15, -0.1) is 5.92 Å². The van der Waals surface area contributed by atoms with Gasteiger partial charge in [0, 0.05) is 32.7 Å². The maximum atomic E-state index is 12.0. The zero-order valence-electron chi connectivity index (χ0n) is 19.4. The smallest absolute Gasteiger partial charge is 0.272 e. The molecule has 0 bridgehead atoms. The summed E-state index contributed by atoms with van der Waals surface area (Å²) < 4.78 is 75.0. The number of phosphoric acid groups is 2. The summed E-state index contributed by atoms with van der Waals surface area (Å²) in [7, 11) is -17.1. The molecule has 2 fully saturated rings. The van der Waals surface area contributed by atoms with Crippen molar-refractivity contribution in [2.45, 2.75) is 52.0 Å². The molecular weight excluding hydrogens is 628 g/mol. The molecule has 0 amide bonds. The minimum atomic E-state index is -5.74. The van der Waals surface area contributed by atoms with Crippen LogP contribution in [-0.2, 0) is 78.1 Å². The normalized spacial score (nSPS) is 38.0. The molecule has 2 aliphatic rings. The molecule has 11 atom stereocenters. The van der Waals surface area contributed by atoms with Crippen molar-refractivity contribution in [3.05, 3.63) is 6.42 Å². The summed E-state index contributed by atoms with van der Waals surface area (Å²) in [5, 5.41) is 0. The molecule has 201 valence electrons. The van der Waals surface area contributed by atoms with Gasteiger partial charge in [-0.3, -0.25) is 17.8 Å². The van der Waals surface area contributed by atoms with Gasteiger partial charge < -0.3 is 53.6 Å². The van der Waals surface area contributed by atoms with E-state index in [1.165, 1.54) is 0 Å². The summed E-state index contributed by atoms with van der Waals surface area (Å²) in [5.74, 6) is -2.44. The van der Waals surface area contributed by atoms with Crippen molar-refractivity contribution in [1.29, 1.82) is 0 Å². The predicted molar refractivity (Wildman–Crippen MR) is 110 cm³/mol. The molecule has 2 heterocycles. The first-order chi connectivity index (χ1) is 15.3. The molecule has 0 aromatic rings. The molecule has 0 N–H and O–H groups in total. The predicted octanol–water partition coefficient (Wildman–Crippen LogP) is -0.155. The van der Waals surface area contributed by atoms with Crippen LogP contribution in [0.5, 0.6) is 0 Å². The molecular formula is C15H26BO14P4Y-5. The average molecular weight is 654 g/mol. The maximum absolute atomic E-state index is 12.0. The first-order valence-electron chi connectivity index (χ1n) is 10.2. The Labute approximate surface area is 230 Å². The van der Waals surface area contributed by atoms with Gasteiger partial charge in [-0.1, -0.05) is 26.8 Å². The summed E-state index contributed by atoms with van der Waals surface area (Å²) in [6.45, 7) is 5.88. The fourth-order valence-corrected chi connectivity index (χ4v) is 9.92. The van der Waals surface area contributed by atoms with E-state index in [4.69, 9.17) is 17.3 Å². The summed E-state index contributed by atoms with van der Waals surface area (Å²) in [4.78, 5) is 47.6. The third kappa shape index (κ3) is 11.4. The van der Waals surface area contributed by atoms with Crippen LogP contribution in [0.25, 0.3) is 0 Å². The number of phosphoric ester groups is 2. The first kappa shape index (κ1) is 34.7. The van der Waals surface area contributed by atoms with Gasteiger partial charge in [-0.05, 0) is 18.8 Å². The van der Waals surface area contributed by atoms with Crippen molar-refractivity contribution in [1.82, 2.24) is 0 Å². The van der Waals surface area contributed by atoms with Crippen molar-refractivity contribution >= 4 is 38.7 Å². The van der Waals surface area contributed by atoms with Gasteiger partial charge in [0.05, 0.1) is 45.3 Å². The molecule has 0 saturated carbocycles. The van der Waals surface area contributed by atoms with E-state index < -0.39 is 68.2 Å². The van der Waals surface area contributed by atoms with Crippen LogP contribution in [0.15, 0.2) is 0 Å². The Kier molecular flexibility index (Phi) is 13.3. The van der Waals surface area contributed by atoms with Crippen molar-refractivity contribution in [2.24, 2.45) is 17.8 Å². The largest absolute Gasteiger partial charge is 0.778 e. The topological polar surface area (TPSA) is 216 Å². The van der Waals surface area contributed by atoms with Crippen LogP contribution >= 0.6 is 30.8 Å². The summed E-state index contributed by atoms with van der Waals surface area (Å²) >= 11 is 0. The van der Waals surface area contributed by atoms with E-state index in [1.807, 2.05) is 6.92 Å². The van der Waals surface area contributed by atoms with E-state index in [1.54, 1.807) is 27.2 Å². The molecule has 6 unspecified atom stereocenters. The van der Waals surface area contributed by atoms with Gasteiger partial charge in [0.15, 0.2) is 15.2 Å². The second-order valence-electron chi connectivity index (χ2n) is 8.30. The standard InChI is InChI=1S/C15H30BO14P4.Y/c1-9-5-15(16)28-13(9)6-25-33(21,22)29-31(17,18)8-32(19,20)30-34(23,24)26-7-14-11(3)10(2)12(4)27-14;/h5,9-15H,6-8H2,1-4H3,(H,17,18)(H,19,20)(H,21,22)(H,23,24);/q-1;/p-4/t9?,10-,11?,12-,13+,14+,15+;/m0./s1.